The van der Waals surface area contributed by atoms with Gasteiger partial charge < -0.3 is 16.0 Å². The molecule has 0 aliphatic carbocycles. The van der Waals surface area contributed by atoms with Gasteiger partial charge in [-0.15, -0.1) is 0 Å². The molecule has 0 bridgehead atoms. The number of nitrogens with one attached hydrogen (secondary N) is 3. The van der Waals surface area contributed by atoms with Crippen LogP contribution in [0, 0.1) is 6.92 Å². The maximum atomic E-state index is 11.4. The van der Waals surface area contributed by atoms with Crippen molar-refractivity contribution in [2.24, 2.45) is 0 Å². The Bertz CT molecular complexity index is 339. The van der Waals surface area contributed by atoms with Crippen LogP contribution in [0.25, 0.3) is 0 Å². The number of amides is 2. The maximum absolute atomic E-state index is 11.4. The molecule has 0 aromatic heterocycles. The molecule has 88 valence electrons. The Kier molecular flexibility index (Phi) is 5.36. The highest BCUT2D eigenvalue weighted by atomic mass is 16.2. The van der Waals surface area contributed by atoms with E-state index in [1.807, 2.05) is 38.2 Å². The van der Waals surface area contributed by atoms with E-state index in [0.29, 0.717) is 6.54 Å². The molecule has 0 saturated carbocycles. The van der Waals surface area contributed by atoms with Crippen molar-refractivity contribution >= 4 is 11.7 Å². The third kappa shape index (κ3) is 4.79. The van der Waals surface area contributed by atoms with Crippen LogP contribution in [0.3, 0.4) is 0 Å². The quantitative estimate of drug-likeness (QED) is 0.663. The smallest absolute Gasteiger partial charge is 0.319 e. The van der Waals surface area contributed by atoms with Crippen LogP contribution >= 0.6 is 0 Å². The van der Waals surface area contributed by atoms with Crippen molar-refractivity contribution in [3.63, 3.8) is 0 Å². The number of hydrogen-bond acceptors (Lipinski definition) is 2. The van der Waals surface area contributed by atoms with Gasteiger partial charge in [-0.1, -0.05) is 12.1 Å². The van der Waals surface area contributed by atoms with E-state index in [2.05, 4.69) is 16.0 Å². The van der Waals surface area contributed by atoms with Crippen LogP contribution in [0.5, 0.6) is 0 Å². The largest absolute Gasteiger partial charge is 0.338 e. The SMILES string of the molecule is CNCCCNC(=O)Nc1cccc(C)c1. The molecule has 0 aliphatic rings. The fourth-order valence-corrected chi connectivity index (χ4v) is 1.37. The highest BCUT2D eigenvalue weighted by Gasteiger charge is 1.99. The molecule has 0 saturated heterocycles. The molecule has 1 rings (SSSR count). The van der Waals surface area contributed by atoms with Gasteiger partial charge in [0.25, 0.3) is 0 Å². The van der Waals surface area contributed by atoms with Crippen molar-refractivity contribution in [1.82, 2.24) is 10.6 Å². The van der Waals surface area contributed by atoms with Gasteiger partial charge >= 0.3 is 6.03 Å². The topological polar surface area (TPSA) is 53.2 Å². The molecule has 0 atom stereocenters. The van der Waals surface area contributed by atoms with Crippen LogP contribution in [0.2, 0.25) is 0 Å². The predicted molar refractivity (Wildman–Crippen MR) is 66.7 cm³/mol. The van der Waals surface area contributed by atoms with E-state index in [4.69, 9.17) is 0 Å². The summed E-state index contributed by atoms with van der Waals surface area (Å²) >= 11 is 0. The van der Waals surface area contributed by atoms with Crippen molar-refractivity contribution in [2.75, 3.05) is 25.5 Å². The van der Waals surface area contributed by atoms with Gasteiger partial charge in [0.1, 0.15) is 0 Å². The summed E-state index contributed by atoms with van der Waals surface area (Å²) in [6.45, 7) is 3.58. The zero-order valence-corrected chi connectivity index (χ0v) is 9.84. The number of urea groups is 1. The number of anilines is 1. The molecule has 4 heteroatoms. The van der Waals surface area contributed by atoms with E-state index in [1.54, 1.807) is 0 Å². The Labute approximate surface area is 96.4 Å². The lowest BCUT2D eigenvalue weighted by molar-refractivity contribution is 0.252. The number of rotatable bonds is 5. The minimum atomic E-state index is -0.151. The summed E-state index contributed by atoms with van der Waals surface area (Å²) in [5.41, 5.74) is 1.96. The number of aryl methyl sites for hydroxylation is 1. The molecule has 0 radical (unpaired) electrons. The molecule has 1 aromatic rings. The molecule has 0 fully saturated rings. The second kappa shape index (κ2) is 6.85. The van der Waals surface area contributed by atoms with Crippen molar-refractivity contribution in [1.29, 1.82) is 0 Å². The van der Waals surface area contributed by atoms with Crippen LogP contribution in [-0.4, -0.2) is 26.2 Å². The zero-order chi connectivity index (χ0) is 11.8. The van der Waals surface area contributed by atoms with E-state index in [1.165, 1.54) is 0 Å². The Morgan fingerprint density at radius 1 is 1.31 bits per heavy atom. The van der Waals surface area contributed by atoms with Crippen LogP contribution in [-0.2, 0) is 0 Å². The van der Waals surface area contributed by atoms with Crippen LogP contribution in [0.15, 0.2) is 24.3 Å². The van der Waals surface area contributed by atoms with Gasteiger partial charge in [0.2, 0.25) is 0 Å². The van der Waals surface area contributed by atoms with Crippen molar-refractivity contribution in [3.8, 4) is 0 Å². The Morgan fingerprint density at radius 3 is 2.81 bits per heavy atom. The molecule has 2 amide bonds. The van der Waals surface area contributed by atoms with E-state index < -0.39 is 0 Å². The third-order valence-electron chi connectivity index (χ3n) is 2.17. The summed E-state index contributed by atoms with van der Waals surface area (Å²) < 4.78 is 0. The minimum Gasteiger partial charge on any atom is -0.338 e. The van der Waals surface area contributed by atoms with Crippen molar-refractivity contribution < 1.29 is 4.79 Å². The first-order valence-corrected chi connectivity index (χ1v) is 5.48. The van der Waals surface area contributed by atoms with Gasteiger partial charge in [0, 0.05) is 12.2 Å². The standard InChI is InChI=1S/C12H19N3O/c1-10-5-3-6-11(9-10)15-12(16)14-8-4-7-13-2/h3,5-6,9,13H,4,7-8H2,1-2H3,(H2,14,15,16). The Balaban J connectivity index is 2.29. The van der Waals surface area contributed by atoms with Crippen LogP contribution in [0.4, 0.5) is 10.5 Å². The first-order valence-electron chi connectivity index (χ1n) is 5.48. The molecular weight excluding hydrogens is 202 g/mol. The second-order valence-electron chi connectivity index (χ2n) is 3.71. The molecular formula is C12H19N3O. The molecule has 16 heavy (non-hydrogen) atoms. The highest BCUT2D eigenvalue weighted by Crippen LogP contribution is 2.08. The van der Waals surface area contributed by atoms with E-state index in [-0.39, 0.29) is 6.03 Å². The lowest BCUT2D eigenvalue weighted by Crippen LogP contribution is -2.30. The number of hydrogen-bond donors (Lipinski definition) is 3. The molecule has 4 nitrogen and oxygen atoms in total. The van der Waals surface area contributed by atoms with Crippen molar-refractivity contribution in [3.05, 3.63) is 29.8 Å². The number of carbonyl (C=O) groups is 1. The van der Waals surface area contributed by atoms with Gasteiger partial charge in [0.05, 0.1) is 0 Å². The first-order chi connectivity index (χ1) is 7.72. The summed E-state index contributed by atoms with van der Waals surface area (Å²) in [5.74, 6) is 0. The van der Waals surface area contributed by atoms with E-state index >= 15 is 0 Å². The second-order valence-corrected chi connectivity index (χ2v) is 3.71. The average Bonchev–Trinajstić information content (AvgIpc) is 2.24. The lowest BCUT2D eigenvalue weighted by atomic mass is 10.2. The third-order valence-corrected chi connectivity index (χ3v) is 2.17. The fourth-order valence-electron chi connectivity index (χ4n) is 1.37. The summed E-state index contributed by atoms with van der Waals surface area (Å²) in [5, 5.41) is 8.61. The lowest BCUT2D eigenvalue weighted by Gasteiger charge is -2.07. The number of carbonyl (C=O) groups excluding carboxylic acids is 1. The molecule has 0 unspecified atom stereocenters. The maximum Gasteiger partial charge on any atom is 0.319 e. The molecule has 0 heterocycles. The number of benzene rings is 1. The predicted octanol–water partition coefficient (Wildman–Crippen LogP) is 1.73. The Morgan fingerprint density at radius 2 is 2.12 bits per heavy atom. The summed E-state index contributed by atoms with van der Waals surface area (Å²) in [7, 11) is 1.90. The van der Waals surface area contributed by atoms with Gasteiger partial charge in [0.15, 0.2) is 0 Å². The minimum absolute atomic E-state index is 0.151. The highest BCUT2D eigenvalue weighted by molar-refractivity contribution is 5.89. The van der Waals surface area contributed by atoms with Gasteiger partial charge in [-0.3, -0.25) is 0 Å². The van der Waals surface area contributed by atoms with Gasteiger partial charge in [-0.2, -0.15) is 0 Å². The summed E-state index contributed by atoms with van der Waals surface area (Å²) in [6, 6.07) is 7.58. The van der Waals surface area contributed by atoms with Gasteiger partial charge in [-0.05, 0) is 44.6 Å². The summed E-state index contributed by atoms with van der Waals surface area (Å²) in [6.07, 6.45) is 0.928. The molecule has 0 aliphatic heterocycles. The average molecular weight is 221 g/mol. The van der Waals surface area contributed by atoms with Crippen LogP contribution < -0.4 is 16.0 Å². The van der Waals surface area contributed by atoms with E-state index in [0.717, 1.165) is 24.2 Å². The van der Waals surface area contributed by atoms with Crippen molar-refractivity contribution in [2.45, 2.75) is 13.3 Å². The Hall–Kier alpha value is -1.55. The fraction of sp³-hybridized carbons (Fsp3) is 0.417. The molecule has 0 spiro atoms. The first kappa shape index (κ1) is 12.5. The normalized spacial score (nSPS) is 9.88. The monoisotopic (exact) mass is 221 g/mol. The molecule has 1 aromatic carbocycles. The molecule has 3 N–H and O–H groups in total. The van der Waals surface area contributed by atoms with Crippen LogP contribution in [0.1, 0.15) is 12.0 Å². The van der Waals surface area contributed by atoms with Gasteiger partial charge in [-0.25, -0.2) is 4.79 Å². The van der Waals surface area contributed by atoms with E-state index in [9.17, 15) is 4.79 Å². The summed E-state index contributed by atoms with van der Waals surface area (Å²) in [4.78, 5) is 11.4. The zero-order valence-electron chi connectivity index (χ0n) is 9.84.